The average Bonchev–Trinajstić information content (AvgIpc) is 2.61. The molecular weight excluding hydrogens is 355 g/mol. The summed E-state index contributed by atoms with van der Waals surface area (Å²) >= 11 is 6.00. The van der Waals surface area contributed by atoms with Gasteiger partial charge in [0.1, 0.15) is 18.2 Å². The number of ether oxygens (including phenoxy) is 1. The Balaban J connectivity index is 1.71. The van der Waals surface area contributed by atoms with E-state index in [0.29, 0.717) is 22.9 Å². The van der Waals surface area contributed by atoms with Crippen LogP contribution in [0, 0.1) is 5.82 Å². The lowest BCUT2D eigenvalue weighted by molar-refractivity contribution is -0.118. The van der Waals surface area contributed by atoms with Crippen LogP contribution < -0.4 is 10.1 Å². The van der Waals surface area contributed by atoms with Gasteiger partial charge in [0.05, 0.1) is 11.6 Å². The summed E-state index contributed by atoms with van der Waals surface area (Å²) in [7, 11) is 3.78. The van der Waals surface area contributed by atoms with Crippen molar-refractivity contribution in [2.45, 2.75) is 6.04 Å². The number of nitrogens with zero attached hydrogens (tertiary/aromatic N) is 1. The lowest BCUT2D eigenvalue weighted by atomic mass is 10.0. The maximum atomic E-state index is 13.5. The molecule has 0 radical (unpaired) electrons. The predicted molar refractivity (Wildman–Crippen MR) is 101 cm³/mol. The lowest BCUT2D eigenvalue weighted by Gasteiger charge is -2.26. The van der Waals surface area contributed by atoms with E-state index in [1.54, 1.807) is 30.3 Å². The zero-order chi connectivity index (χ0) is 18.7. The molecule has 1 aliphatic rings. The summed E-state index contributed by atoms with van der Waals surface area (Å²) in [5.41, 5.74) is 2.11. The van der Waals surface area contributed by atoms with Crippen LogP contribution in [0.1, 0.15) is 17.2 Å². The third kappa shape index (κ3) is 4.23. The number of nitrogens with one attached hydrogen (secondary N) is 1. The number of benzene rings is 2. The van der Waals surface area contributed by atoms with E-state index in [4.69, 9.17) is 16.3 Å². The molecule has 2 aromatic rings. The highest BCUT2D eigenvalue weighted by Crippen LogP contribution is 2.29. The summed E-state index contributed by atoms with van der Waals surface area (Å²) in [5.74, 6) is 0.202. The molecule has 1 amide bonds. The minimum absolute atomic E-state index is 0.138. The van der Waals surface area contributed by atoms with Crippen molar-refractivity contribution < 1.29 is 13.9 Å². The summed E-state index contributed by atoms with van der Waals surface area (Å²) in [5, 5.41) is 3.50. The van der Waals surface area contributed by atoms with E-state index in [2.05, 4.69) is 5.32 Å². The van der Waals surface area contributed by atoms with Crippen LogP contribution in [-0.2, 0) is 4.79 Å². The topological polar surface area (TPSA) is 41.6 Å². The van der Waals surface area contributed by atoms with Crippen molar-refractivity contribution in [2.24, 2.45) is 0 Å². The standard InChI is InChI=1S/C20H20ClFN2O2/c1-24(2)18(13-4-3-5-17(22)10-13)11-23-20(25)15-8-14-9-16(21)6-7-19(14)26-12-15/h3-10,18H,11-12H2,1-2H3,(H,23,25). The third-order valence-corrected chi connectivity index (χ3v) is 4.52. The van der Waals surface area contributed by atoms with Gasteiger partial charge in [-0.3, -0.25) is 4.79 Å². The quantitative estimate of drug-likeness (QED) is 0.868. The number of amides is 1. The Morgan fingerprint density at radius 3 is 2.85 bits per heavy atom. The first-order valence-corrected chi connectivity index (χ1v) is 8.65. The van der Waals surface area contributed by atoms with Crippen molar-refractivity contribution in [2.75, 3.05) is 27.2 Å². The Morgan fingerprint density at radius 1 is 1.31 bits per heavy atom. The van der Waals surface area contributed by atoms with Crippen molar-refractivity contribution in [3.05, 3.63) is 70.0 Å². The van der Waals surface area contributed by atoms with Gasteiger partial charge in [0.25, 0.3) is 5.91 Å². The molecule has 1 unspecified atom stereocenters. The fourth-order valence-corrected chi connectivity index (χ4v) is 3.08. The zero-order valence-corrected chi connectivity index (χ0v) is 15.4. The van der Waals surface area contributed by atoms with Gasteiger partial charge in [0, 0.05) is 17.1 Å². The van der Waals surface area contributed by atoms with E-state index in [-0.39, 0.29) is 24.4 Å². The van der Waals surface area contributed by atoms with Gasteiger partial charge in [-0.05, 0) is 56.1 Å². The van der Waals surface area contributed by atoms with E-state index >= 15 is 0 Å². The van der Waals surface area contributed by atoms with Crippen LogP contribution in [0.15, 0.2) is 48.0 Å². The number of likely N-dealkylation sites (N-methyl/N-ethyl adjacent to an activating group) is 1. The van der Waals surface area contributed by atoms with Crippen LogP contribution in [-0.4, -0.2) is 38.1 Å². The Kier molecular flexibility index (Phi) is 5.59. The fourth-order valence-electron chi connectivity index (χ4n) is 2.89. The third-order valence-electron chi connectivity index (χ3n) is 4.29. The molecular formula is C20H20ClFN2O2. The molecule has 2 aromatic carbocycles. The monoisotopic (exact) mass is 374 g/mol. The zero-order valence-electron chi connectivity index (χ0n) is 14.6. The lowest BCUT2D eigenvalue weighted by Crippen LogP contribution is -2.36. The number of carbonyl (C=O) groups is 1. The smallest absolute Gasteiger partial charge is 0.250 e. The summed E-state index contributed by atoms with van der Waals surface area (Å²) in [6.45, 7) is 0.558. The van der Waals surface area contributed by atoms with Gasteiger partial charge < -0.3 is 15.0 Å². The highest BCUT2D eigenvalue weighted by molar-refractivity contribution is 6.30. The first kappa shape index (κ1) is 18.4. The van der Waals surface area contributed by atoms with Gasteiger partial charge in [0.15, 0.2) is 0 Å². The Morgan fingerprint density at radius 2 is 2.12 bits per heavy atom. The molecule has 1 heterocycles. The summed E-state index contributed by atoms with van der Waals surface area (Å²) in [6, 6.07) is 11.6. The van der Waals surface area contributed by atoms with Gasteiger partial charge in [-0.2, -0.15) is 0 Å². The molecule has 1 N–H and O–H groups in total. The summed E-state index contributed by atoms with van der Waals surface area (Å²) < 4.78 is 19.1. The molecule has 0 bridgehead atoms. The Labute approximate surface area is 157 Å². The van der Waals surface area contributed by atoms with Crippen LogP contribution >= 0.6 is 11.6 Å². The van der Waals surface area contributed by atoms with Crippen LogP contribution in [0.2, 0.25) is 5.02 Å². The molecule has 1 atom stereocenters. The minimum atomic E-state index is -0.294. The minimum Gasteiger partial charge on any atom is -0.488 e. The molecule has 3 rings (SSSR count). The highest BCUT2D eigenvalue weighted by Gasteiger charge is 2.20. The molecule has 4 nitrogen and oxygen atoms in total. The second kappa shape index (κ2) is 7.89. The second-order valence-corrected chi connectivity index (χ2v) is 6.82. The van der Waals surface area contributed by atoms with Crippen LogP contribution in [0.3, 0.4) is 0 Å². The summed E-state index contributed by atoms with van der Waals surface area (Å²) in [4.78, 5) is 14.5. The van der Waals surface area contributed by atoms with E-state index in [1.807, 2.05) is 25.1 Å². The first-order chi connectivity index (χ1) is 12.4. The van der Waals surface area contributed by atoms with E-state index in [1.165, 1.54) is 12.1 Å². The number of hydrogen-bond donors (Lipinski definition) is 1. The number of fused-ring (bicyclic) bond motifs is 1. The average molecular weight is 375 g/mol. The predicted octanol–water partition coefficient (Wildman–Crippen LogP) is 3.67. The molecule has 26 heavy (non-hydrogen) atoms. The maximum Gasteiger partial charge on any atom is 0.250 e. The number of hydrogen-bond acceptors (Lipinski definition) is 3. The van der Waals surface area contributed by atoms with Gasteiger partial charge >= 0.3 is 0 Å². The van der Waals surface area contributed by atoms with Crippen LogP contribution in [0.25, 0.3) is 6.08 Å². The van der Waals surface area contributed by atoms with Crippen molar-refractivity contribution in [1.82, 2.24) is 10.2 Å². The van der Waals surface area contributed by atoms with E-state index < -0.39 is 0 Å². The Hall–Kier alpha value is -2.37. The molecule has 0 spiro atoms. The van der Waals surface area contributed by atoms with Crippen molar-refractivity contribution in [3.63, 3.8) is 0 Å². The van der Waals surface area contributed by atoms with Crippen LogP contribution in [0.4, 0.5) is 4.39 Å². The van der Waals surface area contributed by atoms with Gasteiger partial charge in [0.2, 0.25) is 0 Å². The second-order valence-electron chi connectivity index (χ2n) is 6.38. The first-order valence-electron chi connectivity index (χ1n) is 8.27. The van der Waals surface area contributed by atoms with Crippen LogP contribution in [0.5, 0.6) is 5.75 Å². The molecule has 136 valence electrons. The van der Waals surface area contributed by atoms with Gasteiger partial charge in [-0.25, -0.2) is 4.39 Å². The molecule has 0 aliphatic carbocycles. The molecule has 6 heteroatoms. The molecule has 0 saturated carbocycles. The van der Waals surface area contributed by atoms with Gasteiger partial charge in [-0.15, -0.1) is 0 Å². The summed E-state index contributed by atoms with van der Waals surface area (Å²) in [6.07, 6.45) is 1.78. The highest BCUT2D eigenvalue weighted by atomic mass is 35.5. The normalized spacial score (nSPS) is 14.3. The molecule has 0 fully saturated rings. The largest absolute Gasteiger partial charge is 0.488 e. The number of rotatable bonds is 5. The molecule has 1 aliphatic heterocycles. The molecule has 0 aromatic heterocycles. The Bertz CT molecular complexity index is 851. The van der Waals surface area contributed by atoms with E-state index in [0.717, 1.165) is 11.1 Å². The van der Waals surface area contributed by atoms with E-state index in [9.17, 15) is 9.18 Å². The van der Waals surface area contributed by atoms with Crippen molar-refractivity contribution >= 4 is 23.6 Å². The number of halogens is 2. The maximum absolute atomic E-state index is 13.5. The SMILES string of the molecule is CN(C)C(CNC(=O)C1=Cc2cc(Cl)ccc2OC1)c1cccc(F)c1. The van der Waals surface area contributed by atoms with Crippen molar-refractivity contribution in [1.29, 1.82) is 0 Å². The van der Waals surface area contributed by atoms with Crippen molar-refractivity contribution in [3.8, 4) is 5.75 Å². The van der Waals surface area contributed by atoms with Gasteiger partial charge in [-0.1, -0.05) is 23.7 Å². The molecule has 0 saturated heterocycles. The fraction of sp³-hybridized carbons (Fsp3) is 0.250. The number of carbonyl (C=O) groups excluding carboxylic acids is 1.